The summed E-state index contributed by atoms with van der Waals surface area (Å²) in [6.45, 7) is 0.738. The van der Waals surface area contributed by atoms with E-state index in [0.29, 0.717) is 40.2 Å². The van der Waals surface area contributed by atoms with Gasteiger partial charge in [0.15, 0.2) is 5.17 Å². The molecule has 0 atom stereocenters. The maximum atomic E-state index is 11.8. The molecule has 3 rings (SSSR count). The predicted octanol–water partition coefficient (Wildman–Crippen LogP) is 1.87. The lowest BCUT2D eigenvalue weighted by Gasteiger charge is -2.15. The fraction of sp³-hybridized carbons (Fsp3) is 0.286. The molecule has 1 aromatic carbocycles. The third-order valence-corrected chi connectivity index (χ3v) is 5.06. The lowest BCUT2D eigenvalue weighted by atomic mass is 10.2. The number of amidine groups is 1. The zero-order valence-electron chi connectivity index (χ0n) is 13.2. The molecule has 1 aliphatic heterocycles. The smallest absolute Gasteiger partial charge is 0.270 e. The van der Waals surface area contributed by atoms with Crippen LogP contribution >= 0.6 is 24.0 Å². The molecule has 0 aliphatic carbocycles. The zero-order chi connectivity index (χ0) is 18.7. The van der Waals surface area contributed by atoms with Gasteiger partial charge < -0.3 is 0 Å². The highest BCUT2D eigenvalue weighted by Crippen LogP contribution is 2.21. The van der Waals surface area contributed by atoms with Crippen LogP contribution in [0, 0.1) is 26.2 Å². The van der Waals surface area contributed by atoms with Gasteiger partial charge in [-0.25, -0.2) is 4.68 Å². The highest BCUT2D eigenvalue weighted by Gasteiger charge is 2.27. The number of rotatable bonds is 5. The van der Waals surface area contributed by atoms with Crippen LogP contribution in [-0.2, 0) is 11.3 Å². The number of thioether (sulfide) groups is 1. The quantitative estimate of drug-likeness (QED) is 0.328. The van der Waals surface area contributed by atoms with Crippen molar-refractivity contribution in [3.8, 4) is 6.19 Å². The molecule has 0 unspecified atom stereocenters. The number of nitro groups is 1. The monoisotopic (exact) mass is 389 g/mol. The predicted molar refractivity (Wildman–Crippen MR) is 96.9 cm³/mol. The van der Waals surface area contributed by atoms with Gasteiger partial charge in [-0.15, -0.1) is 10.1 Å². The maximum Gasteiger partial charge on any atom is 0.270 e. The Kier molecular flexibility index (Phi) is 5.19. The second-order valence-electron chi connectivity index (χ2n) is 5.26. The molecule has 1 aromatic heterocycles. The number of aromatic nitrogens is 3. The maximum absolute atomic E-state index is 11.8. The van der Waals surface area contributed by atoms with Crippen LogP contribution in [0.25, 0.3) is 10.9 Å². The van der Waals surface area contributed by atoms with E-state index in [-0.39, 0.29) is 17.3 Å². The number of carbonyl (C=O) groups is 1. The van der Waals surface area contributed by atoms with E-state index in [2.05, 4.69) is 15.3 Å². The minimum atomic E-state index is -0.494. The number of aliphatic imine (C=N–C) groups is 1. The van der Waals surface area contributed by atoms with Gasteiger partial charge >= 0.3 is 0 Å². The first-order chi connectivity index (χ1) is 12.5. The number of fused-ring (bicyclic) bond motifs is 1. The van der Waals surface area contributed by atoms with E-state index >= 15 is 0 Å². The average Bonchev–Trinajstić information content (AvgIpc) is 2.97. The van der Waals surface area contributed by atoms with Crippen molar-refractivity contribution in [2.45, 2.75) is 13.0 Å². The number of nitro benzene ring substituents is 1. The van der Waals surface area contributed by atoms with Crippen molar-refractivity contribution in [2.24, 2.45) is 4.99 Å². The van der Waals surface area contributed by atoms with Crippen LogP contribution in [0.3, 0.4) is 0 Å². The molecule has 132 valence electrons. The van der Waals surface area contributed by atoms with E-state index in [1.807, 2.05) is 0 Å². The topological polar surface area (TPSA) is 130 Å². The average molecular weight is 389 g/mol. The minimum Gasteiger partial charge on any atom is -0.290 e. The van der Waals surface area contributed by atoms with Crippen molar-refractivity contribution >= 4 is 51.6 Å². The van der Waals surface area contributed by atoms with Gasteiger partial charge in [-0.05, 0) is 12.5 Å². The number of hydrogen-bond donors (Lipinski definition) is 0. The second-order valence-corrected chi connectivity index (χ2v) is 6.59. The summed E-state index contributed by atoms with van der Waals surface area (Å²) in [6.07, 6.45) is 2.20. The number of amides is 1. The molecular weight excluding hydrogens is 378 g/mol. The Labute approximate surface area is 156 Å². The molecule has 1 aliphatic rings. The number of nitriles is 1. The van der Waals surface area contributed by atoms with Gasteiger partial charge in [0.25, 0.3) is 5.69 Å². The van der Waals surface area contributed by atoms with Gasteiger partial charge in [-0.2, -0.15) is 5.26 Å². The van der Waals surface area contributed by atoms with Crippen molar-refractivity contribution in [1.82, 2.24) is 19.9 Å². The van der Waals surface area contributed by atoms with Crippen LogP contribution in [0.2, 0.25) is 0 Å². The van der Waals surface area contributed by atoms with Crippen LogP contribution in [0.15, 0.2) is 23.2 Å². The molecule has 0 N–H and O–H groups in total. The summed E-state index contributed by atoms with van der Waals surface area (Å²) in [5.41, 5.74) is 0.409. The van der Waals surface area contributed by atoms with E-state index in [9.17, 15) is 14.9 Å². The molecule has 1 saturated heterocycles. The van der Waals surface area contributed by atoms with Gasteiger partial charge in [0, 0.05) is 30.6 Å². The van der Waals surface area contributed by atoms with Crippen LogP contribution in [0.1, 0.15) is 6.42 Å². The summed E-state index contributed by atoms with van der Waals surface area (Å²) < 4.78 is 1.81. The molecule has 0 saturated carbocycles. The first-order valence-electron chi connectivity index (χ1n) is 7.43. The number of carbonyl (C=O) groups excluding carboxylic acids is 1. The fourth-order valence-corrected chi connectivity index (χ4v) is 3.60. The second kappa shape index (κ2) is 7.54. The lowest BCUT2D eigenvalue weighted by Crippen LogP contribution is -2.31. The lowest BCUT2D eigenvalue weighted by molar-refractivity contribution is -0.384. The molecular formula is C14H11N7O3S2. The van der Waals surface area contributed by atoms with Crippen molar-refractivity contribution in [2.75, 3.05) is 12.3 Å². The molecule has 12 heteroatoms. The fourth-order valence-electron chi connectivity index (χ4n) is 2.45. The van der Waals surface area contributed by atoms with Crippen molar-refractivity contribution in [3.63, 3.8) is 0 Å². The number of non-ortho nitro benzene ring substituents is 1. The first-order valence-corrected chi connectivity index (χ1v) is 8.82. The summed E-state index contributed by atoms with van der Waals surface area (Å²) in [5, 5.41) is 28.5. The van der Waals surface area contributed by atoms with E-state index in [0.717, 1.165) is 0 Å². The van der Waals surface area contributed by atoms with Gasteiger partial charge in [0.1, 0.15) is 4.64 Å². The Morgan fingerprint density at radius 1 is 1.46 bits per heavy atom. The van der Waals surface area contributed by atoms with Gasteiger partial charge in [0.2, 0.25) is 12.1 Å². The molecule has 26 heavy (non-hydrogen) atoms. The summed E-state index contributed by atoms with van der Waals surface area (Å²) in [7, 11) is 0. The standard InChI is InChI=1S/C14H11N7O3S2/c15-8-16-14-19(12(22)7-26-14)4-1-5-20-13(25)10-6-9(21(23)24)2-3-11(10)17-18-20/h2-3,6H,1,4-5,7H2. The molecule has 10 nitrogen and oxygen atoms in total. The number of benzene rings is 1. The van der Waals surface area contributed by atoms with E-state index in [1.54, 1.807) is 6.19 Å². The largest absolute Gasteiger partial charge is 0.290 e. The van der Waals surface area contributed by atoms with E-state index in [1.165, 1.54) is 39.5 Å². The Morgan fingerprint density at radius 3 is 3.00 bits per heavy atom. The molecule has 0 bridgehead atoms. The molecule has 2 aromatic rings. The molecule has 1 amide bonds. The summed E-state index contributed by atoms with van der Waals surface area (Å²) in [6, 6.07) is 4.23. The minimum absolute atomic E-state index is 0.0693. The van der Waals surface area contributed by atoms with Crippen LogP contribution < -0.4 is 0 Å². The Balaban J connectivity index is 1.77. The van der Waals surface area contributed by atoms with Crippen molar-refractivity contribution in [3.05, 3.63) is 33.0 Å². The molecule has 0 radical (unpaired) electrons. The van der Waals surface area contributed by atoms with Crippen molar-refractivity contribution < 1.29 is 9.72 Å². The van der Waals surface area contributed by atoms with Gasteiger partial charge in [-0.1, -0.05) is 29.2 Å². The number of nitrogens with zero attached hydrogens (tertiary/aromatic N) is 7. The van der Waals surface area contributed by atoms with Gasteiger partial charge in [-0.3, -0.25) is 19.8 Å². The Bertz CT molecular complexity index is 1030. The Morgan fingerprint density at radius 2 is 2.27 bits per heavy atom. The molecule has 1 fully saturated rings. The zero-order valence-corrected chi connectivity index (χ0v) is 14.9. The van der Waals surface area contributed by atoms with Crippen LogP contribution in [0.4, 0.5) is 5.69 Å². The van der Waals surface area contributed by atoms with E-state index < -0.39 is 4.92 Å². The Hall–Kier alpha value is -2.91. The molecule has 0 spiro atoms. The SMILES string of the molecule is N#CN=C1SCC(=O)N1CCCn1nnc2ccc([N+](=O)[O-])cc2c1=S. The number of hydrogen-bond acceptors (Lipinski definition) is 9. The number of aryl methyl sites for hydroxylation is 1. The van der Waals surface area contributed by atoms with Crippen LogP contribution in [-0.4, -0.2) is 48.2 Å². The van der Waals surface area contributed by atoms with Crippen LogP contribution in [0.5, 0.6) is 0 Å². The summed E-state index contributed by atoms with van der Waals surface area (Å²) in [5.74, 6) is 0.159. The van der Waals surface area contributed by atoms with Crippen molar-refractivity contribution in [1.29, 1.82) is 5.26 Å². The van der Waals surface area contributed by atoms with E-state index in [4.69, 9.17) is 17.5 Å². The third kappa shape index (κ3) is 3.53. The highest BCUT2D eigenvalue weighted by molar-refractivity contribution is 8.15. The van der Waals surface area contributed by atoms with Gasteiger partial charge in [0.05, 0.1) is 16.2 Å². The normalized spacial score (nSPS) is 15.6. The third-order valence-electron chi connectivity index (χ3n) is 3.67. The summed E-state index contributed by atoms with van der Waals surface area (Å²) >= 11 is 6.59. The molecule has 2 heterocycles. The highest BCUT2D eigenvalue weighted by atomic mass is 32.2. The first kappa shape index (κ1) is 17.9. The summed E-state index contributed by atoms with van der Waals surface area (Å²) in [4.78, 5) is 27.4.